The van der Waals surface area contributed by atoms with Crippen molar-refractivity contribution in [3.8, 4) is 0 Å². The van der Waals surface area contributed by atoms with Gasteiger partial charge in [0.2, 0.25) is 11.0 Å². The predicted molar refractivity (Wildman–Crippen MR) is 78.2 cm³/mol. The van der Waals surface area contributed by atoms with Crippen molar-refractivity contribution in [2.75, 3.05) is 5.32 Å². The fourth-order valence-corrected chi connectivity index (χ4v) is 3.22. The molecule has 1 aromatic heterocycles. The first-order valence-electron chi connectivity index (χ1n) is 6.10. The minimum absolute atomic E-state index is 0.00117. The molecular formula is C12H21N3OS2. The third-order valence-corrected chi connectivity index (χ3v) is 4.41. The van der Waals surface area contributed by atoms with Gasteiger partial charge in [0.1, 0.15) is 0 Å². The van der Waals surface area contributed by atoms with E-state index in [-0.39, 0.29) is 11.3 Å². The third-order valence-electron chi connectivity index (χ3n) is 2.22. The second kappa shape index (κ2) is 6.52. The molecule has 1 heterocycles. The summed E-state index contributed by atoms with van der Waals surface area (Å²) < 4.78 is 0.912. The van der Waals surface area contributed by atoms with Gasteiger partial charge in [0.15, 0.2) is 4.34 Å². The topological polar surface area (TPSA) is 54.9 Å². The molecule has 0 aliphatic carbocycles. The predicted octanol–water partition coefficient (Wildman–Crippen LogP) is 3.80. The molecule has 18 heavy (non-hydrogen) atoms. The first-order valence-corrected chi connectivity index (χ1v) is 7.80. The monoisotopic (exact) mass is 287 g/mol. The van der Waals surface area contributed by atoms with Gasteiger partial charge in [-0.2, -0.15) is 0 Å². The molecule has 0 aliphatic heterocycles. The number of hydrogen-bond donors (Lipinski definition) is 1. The Morgan fingerprint density at radius 1 is 1.44 bits per heavy atom. The molecule has 1 amide bonds. The molecule has 1 atom stereocenters. The Balaban J connectivity index is 2.51. The van der Waals surface area contributed by atoms with Gasteiger partial charge in [-0.05, 0) is 11.8 Å². The third kappa shape index (κ3) is 5.82. The zero-order valence-corrected chi connectivity index (χ0v) is 13.2. The number of thioether (sulfide) groups is 1. The van der Waals surface area contributed by atoms with Crippen LogP contribution in [0.4, 0.5) is 5.13 Å². The zero-order chi connectivity index (χ0) is 13.8. The van der Waals surface area contributed by atoms with Gasteiger partial charge in [0.25, 0.3) is 0 Å². The van der Waals surface area contributed by atoms with Gasteiger partial charge >= 0.3 is 0 Å². The van der Waals surface area contributed by atoms with E-state index in [1.54, 1.807) is 11.8 Å². The van der Waals surface area contributed by atoms with Crippen molar-refractivity contribution in [3.63, 3.8) is 0 Å². The van der Waals surface area contributed by atoms with Crippen LogP contribution in [0.15, 0.2) is 4.34 Å². The molecule has 1 unspecified atom stereocenters. The van der Waals surface area contributed by atoms with Gasteiger partial charge < -0.3 is 5.32 Å². The highest BCUT2D eigenvalue weighted by Crippen LogP contribution is 2.30. The SMILES string of the molecule is CCC(C)Sc1nnc(NC(=O)CC(C)(C)C)s1. The summed E-state index contributed by atoms with van der Waals surface area (Å²) in [5.41, 5.74) is -0.0108. The normalized spacial score (nSPS) is 13.4. The van der Waals surface area contributed by atoms with Gasteiger partial charge in [-0.3, -0.25) is 4.79 Å². The van der Waals surface area contributed by atoms with Crippen LogP contribution in [-0.2, 0) is 4.79 Å². The number of hydrogen-bond acceptors (Lipinski definition) is 5. The highest BCUT2D eigenvalue weighted by molar-refractivity contribution is 8.01. The van der Waals surface area contributed by atoms with Gasteiger partial charge in [-0.15, -0.1) is 10.2 Å². The summed E-state index contributed by atoms with van der Waals surface area (Å²) in [4.78, 5) is 11.7. The van der Waals surface area contributed by atoms with Gasteiger partial charge in [-0.1, -0.05) is 57.7 Å². The molecular weight excluding hydrogens is 266 g/mol. The lowest BCUT2D eigenvalue weighted by Crippen LogP contribution is -2.19. The van der Waals surface area contributed by atoms with Crippen LogP contribution in [0.25, 0.3) is 0 Å². The van der Waals surface area contributed by atoms with E-state index in [1.807, 2.05) is 20.8 Å². The minimum Gasteiger partial charge on any atom is -0.300 e. The van der Waals surface area contributed by atoms with Crippen LogP contribution in [0.5, 0.6) is 0 Å². The number of rotatable bonds is 5. The summed E-state index contributed by atoms with van der Waals surface area (Å²) in [6.07, 6.45) is 1.58. The average Bonchev–Trinajstić information content (AvgIpc) is 2.62. The molecule has 0 radical (unpaired) electrons. The molecule has 1 N–H and O–H groups in total. The van der Waals surface area contributed by atoms with Gasteiger partial charge in [0, 0.05) is 11.7 Å². The van der Waals surface area contributed by atoms with Crippen molar-refractivity contribution in [1.29, 1.82) is 0 Å². The Morgan fingerprint density at radius 3 is 2.67 bits per heavy atom. The molecule has 0 saturated heterocycles. The first-order chi connectivity index (χ1) is 8.30. The van der Waals surface area contributed by atoms with Gasteiger partial charge in [-0.25, -0.2) is 0 Å². The Morgan fingerprint density at radius 2 is 2.11 bits per heavy atom. The number of nitrogens with zero attached hydrogens (tertiary/aromatic N) is 2. The number of carbonyl (C=O) groups is 1. The molecule has 4 nitrogen and oxygen atoms in total. The summed E-state index contributed by atoms with van der Waals surface area (Å²) >= 11 is 3.14. The van der Waals surface area contributed by atoms with Crippen LogP contribution in [0, 0.1) is 5.41 Å². The minimum atomic E-state index is -0.0108. The zero-order valence-electron chi connectivity index (χ0n) is 11.6. The van der Waals surface area contributed by atoms with E-state index in [0.29, 0.717) is 16.8 Å². The van der Waals surface area contributed by atoms with Crippen molar-refractivity contribution < 1.29 is 4.79 Å². The lowest BCUT2D eigenvalue weighted by atomic mass is 9.92. The van der Waals surface area contributed by atoms with E-state index >= 15 is 0 Å². The van der Waals surface area contributed by atoms with Crippen LogP contribution >= 0.6 is 23.1 Å². The number of amides is 1. The lowest BCUT2D eigenvalue weighted by Gasteiger charge is -2.16. The van der Waals surface area contributed by atoms with E-state index in [4.69, 9.17) is 0 Å². The molecule has 0 saturated carbocycles. The fourth-order valence-electron chi connectivity index (χ4n) is 1.21. The summed E-state index contributed by atoms with van der Waals surface area (Å²) in [6.45, 7) is 10.4. The quantitative estimate of drug-likeness (QED) is 0.661. The maximum Gasteiger partial charge on any atom is 0.226 e. The maximum absolute atomic E-state index is 11.7. The standard InChI is InChI=1S/C12H21N3OS2/c1-6-8(2)17-11-15-14-10(18-11)13-9(16)7-12(3,4)5/h8H,6-7H2,1-5H3,(H,13,14,16). The van der Waals surface area contributed by atoms with Crippen molar-refractivity contribution in [2.24, 2.45) is 5.41 Å². The lowest BCUT2D eigenvalue weighted by molar-refractivity contribution is -0.117. The molecule has 0 aromatic carbocycles. The van der Waals surface area contributed by atoms with E-state index in [9.17, 15) is 4.79 Å². The number of anilines is 1. The van der Waals surface area contributed by atoms with E-state index in [0.717, 1.165) is 10.8 Å². The summed E-state index contributed by atoms with van der Waals surface area (Å²) in [6, 6.07) is 0. The largest absolute Gasteiger partial charge is 0.300 e. The summed E-state index contributed by atoms with van der Waals surface area (Å²) in [7, 11) is 0. The smallest absolute Gasteiger partial charge is 0.226 e. The Hall–Kier alpha value is -0.620. The number of nitrogens with one attached hydrogen (secondary N) is 1. The van der Waals surface area contributed by atoms with Crippen LogP contribution < -0.4 is 5.32 Å². The Kier molecular flexibility index (Phi) is 5.59. The van der Waals surface area contributed by atoms with E-state index in [1.165, 1.54) is 11.3 Å². The highest BCUT2D eigenvalue weighted by Gasteiger charge is 2.17. The highest BCUT2D eigenvalue weighted by atomic mass is 32.2. The first kappa shape index (κ1) is 15.4. The van der Waals surface area contributed by atoms with E-state index in [2.05, 4.69) is 29.4 Å². The molecule has 1 rings (SSSR count). The fraction of sp³-hybridized carbons (Fsp3) is 0.750. The maximum atomic E-state index is 11.7. The van der Waals surface area contributed by atoms with Crippen LogP contribution in [0.1, 0.15) is 47.5 Å². The summed E-state index contributed by atoms with van der Waals surface area (Å²) in [5, 5.41) is 12.0. The van der Waals surface area contributed by atoms with Crippen molar-refractivity contribution in [2.45, 2.75) is 57.0 Å². The van der Waals surface area contributed by atoms with E-state index < -0.39 is 0 Å². The summed E-state index contributed by atoms with van der Waals surface area (Å²) in [5.74, 6) is -0.00117. The molecule has 0 aliphatic rings. The van der Waals surface area contributed by atoms with Gasteiger partial charge in [0.05, 0.1) is 0 Å². The molecule has 1 aromatic rings. The van der Waals surface area contributed by atoms with Crippen molar-refractivity contribution >= 4 is 34.1 Å². The molecule has 0 bridgehead atoms. The molecule has 0 fully saturated rings. The average molecular weight is 287 g/mol. The van der Waals surface area contributed by atoms with Crippen LogP contribution in [-0.4, -0.2) is 21.4 Å². The second-order valence-corrected chi connectivity index (χ2v) is 8.16. The molecule has 6 heteroatoms. The van der Waals surface area contributed by atoms with Crippen molar-refractivity contribution in [3.05, 3.63) is 0 Å². The Bertz CT molecular complexity index is 398. The number of carbonyl (C=O) groups excluding carboxylic acids is 1. The van der Waals surface area contributed by atoms with Crippen molar-refractivity contribution in [1.82, 2.24) is 10.2 Å². The second-order valence-electron chi connectivity index (χ2n) is 5.50. The van der Waals surface area contributed by atoms with Crippen LogP contribution in [0.2, 0.25) is 0 Å². The Labute approximate surface area is 117 Å². The van der Waals surface area contributed by atoms with Crippen LogP contribution in [0.3, 0.4) is 0 Å². The molecule has 0 spiro atoms. The number of aromatic nitrogens is 2. The molecule has 102 valence electrons.